The van der Waals surface area contributed by atoms with E-state index in [0.717, 1.165) is 5.75 Å². The molecule has 0 heterocycles. The first-order valence-corrected chi connectivity index (χ1v) is 7.46. The second-order valence-electron chi connectivity index (χ2n) is 4.99. The Labute approximate surface area is 134 Å². The van der Waals surface area contributed by atoms with Crippen molar-refractivity contribution in [3.63, 3.8) is 0 Å². The van der Waals surface area contributed by atoms with Crippen LogP contribution in [0.25, 0.3) is 0 Å². The van der Waals surface area contributed by atoms with E-state index in [0.29, 0.717) is 21.2 Å². The van der Waals surface area contributed by atoms with Crippen molar-refractivity contribution in [3.05, 3.63) is 63.6 Å². The molecule has 0 atom stereocenters. The van der Waals surface area contributed by atoms with Crippen LogP contribution < -0.4 is 4.74 Å². The van der Waals surface area contributed by atoms with Crippen molar-refractivity contribution >= 4 is 29.0 Å². The monoisotopic (exact) mass is 322 g/mol. The largest absolute Gasteiger partial charge is 0.491 e. The summed E-state index contributed by atoms with van der Waals surface area (Å²) in [5.74, 6) is 0.721. The van der Waals surface area contributed by atoms with Crippen LogP contribution in [0.2, 0.25) is 10.0 Å². The molecule has 0 amide bonds. The molecule has 2 aromatic rings. The van der Waals surface area contributed by atoms with E-state index in [1.807, 2.05) is 13.8 Å². The van der Waals surface area contributed by atoms with Gasteiger partial charge in [0, 0.05) is 22.0 Å². The number of carbonyl (C=O) groups is 1. The van der Waals surface area contributed by atoms with Crippen molar-refractivity contribution in [2.45, 2.75) is 26.4 Å². The van der Waals surface area contributed by atoms with Gasteiger partial charge in [-0.05, 0) is 55.8 Å². The van der Waals surface area contributed by atoms with Crippen LogP contribution in [0, 0.1) is 0 Å². The van der Waals surface area contributed by atoms with Gasteiger partial charge in [-0.15, -0.1) is 0 Å². The number of hydrogen-bond acceptors (Lipinski definition) is 2. The summed E-state index contributed by atoms with van der Waals surface area (Å²) >= 11 is 12.2. The molecule has 0 fully saturated rings. The van der Waals surface area contributed by atoms with Gasteiger partial charge in [0.2, 0.25) is 0 Å². The van der Waals surface area contributed by atoms with E-state index in [1.54, 1.807) is 42.5 Å². The average Bonchev–Trinajstić information content (AvgIpc) is 2.43. The Balaban J connectivity index is 2.13. The van der Waals surface area contributed by atoms with E-state index in [-0.39, 0.29) is 18.3 Å². The maximum Gasteiger partial charge on any atom is 0.167 e. The van der Waals surface area contributed by atoms with Gasteiger partial charge in [-0.3, -0.25) is 4.79 Å². The zero-order chi connectivity index (χ0) is 15.4. The molecule has 4 heteroatoms. The first kappa shape index (κ1) is 15.9. The van der Waals surface area contributed by atoms with Crippen LogP contribution >= 0.6 is 23.2 Å². The molecule has 0 aliphatic carbocycles. The maximum absolute atomic E-state index is 12.3. The summed E-state index contributed by atoms with van der Waals surface area (Å²) in [4.78, 5) is 12.3. The number of halogens is 2. The van der Waals surface area contributed by atoms with Crippen molar-refractivity contribution in [1.82, 2.24) is 0 Å². The van der Waals surface area contributed by atoms with E-state index in [2.05, 4.69) is 0 Å². The van der Waals surface area contributed by atoms with Crippen molar-refractivity contribution in [2.24, 2.45) is 0 Å². The van der Waals surface area contributed by atoms with Gasteiger partial charge in [0.25, 0.3) is 0 Å². The molecule has 0 aromatic heterocycles. The Hall–Kier alpha value is -1.51. The van der Waals surface area contributed by atoms with Crippen LogP contribution in [0.15, 0.2) is 42.5 Å². The highest BCUT2D eigenvalue weighted by Crippen LogP contribution is 2.26. The summed E-state index contributed by atoms with van der Waals surface area (Å²) in [6, 6.07) is 12.3. The molecule has 0 aliphatic heterocycles. The number of rotatable bonds is 5. The zero-order valence-corrected chi connectivity index (χ0v) is 13.4. The van der Waals surface area contributed by atoms with E-state index < -0.39 is 0 Å². The summed E-state index contributed by atoms with van der Waals surface area (Å²) in [5, 5.41) is 1.02. The predicted octanol–water partition coefficient (Wildman–Crippen LogP) is 5.21. The van der Waals surface area contributed by atoms with Gasteiger partial charge in [0.1, 0.15) is 5.75 Å². The molecule has 21 heavy (non-hydrogen) atoms. The molecule has 0 bridgehead atoms. The van der Waals surface area contributed by atoms with Gasteiger partial charge in [0.15, 0.2) is 5.78 Å². The van der Waals surface area contributed by atoms with Gasteiger partial charge >= 0.3 is 0 Å². The fraction of sp³-hybridized carbons (Fsp3) is 0.235. The second-order valence-corrected chi connectivity index (χ2v) is 5.81. The lowest BCUT2D eigenvalue weighted by atomic mass is 10.0. The quantitative estimate of drug-likeness (QED) is 0.706. The Morgan fingerprint density at radius 1 is 1.05 bits per heavy atom. The van der Waals surface area contributed by atoms with Crippen molar-refractivity contribution in [2.75, 3.05) is 0 Å². The summed E-state index contributed by atoms with van der Waals surface area (Å²) in [6.45, 7) is 3.91. The fourth-order valence-electron chi connectivity index (χ4n) is 1.96. The molecule has 0 N–H and O–H groups in total. The molecule has 2 nitrogen and oxygen atoms in total. The molecule has 0 unspecified atom stereocenters. The second kappa shape index (κ2) is 6.97. The van der Waals surface area contributed by atoms with Crippen molar-refractivity contribution in [1.29, 1.82) is 0 Å². The van der Waals surface area contributed by atoms with Crippen LogP contribution in [-0.4, -0.2) is 11.9 Å². The minimum absolute atomic E-state index is 0.0268. The summed E-state index contributed by atoms with van der Waals surface area (Å²) in [6.07, 6.45) is 0.289. The third-order valence-corrected chi connectivity index (χ3v) is 3.66. The lowest BCUT2D eigenvalue weighted by Gasteiger charge is -2.10. The number of Topliss-reactive ketones (excluding diaryl/α,β-unsaturated/α-hetero) is 1. The normalized spacial score (nSPS) is 10.7. The molecule has 0 aliphatic rings. The molecule has 2 aromatic carbocycles. The van der Waals surface area contributed by atoms with Crippen molar-refractivity contribution < 1.29 is 9.53 Å². The minimum atomic E-state index is -0.0268. The van der Waals surface area contributed by atoms with Gasteiger partial charge < -0.3 is 4.74 Å². The lowest BCUT2D eigenvalue weighted by molar-refractivity contribution is 0.0993. The number of ketones is 1. The standard InChI is InChI=1S/C17H16Cl2O2/c1-11(2)21-13-8-6-12(7-9-13)17(20)10-14-15(18)4-3-5-16(14)19/h3-9,11H,10H2,1-2H3. The smallest absolute Gasteiger partial charge is 0.167 e. The molecule has 110 valence electrons. The minimum Gasteiger partial charge on any atom is -0.491 e. The number of ether oxygens (including phenoxy) is 1. The molecule has 2 rings (SSSR count). The van der Waals surface area contributed by atoms with E-state index in [9.17, 15) is 4.79 Å². The molecule has 0 radical (unpaired) electrons. The number of hydrogen-bond donors (Lipinski definition) is 0. The van der Waals surface area contributed by atoms with Crippen molar-refractivity contribution in [3.8, 4) is 5.75 Å². The SMILES string of the molecule is CC(C)Oc1ccc(C(=O)Cc2c(Cl)cccc2Cl)cc1. The third kappa shape index (κ3) is 4.23. The van der Waals surface area contributed by atoms with E-state index in [4.69, 9.17) is 27.9 Å². The Kier molecular flexibility index (Phi) is 5.27. The Morgan fingerprint density at radius 2 is 1.62 bits per heavy atom. The Morgan fingerprint density at radius 3 is 2.14 bits per heavy atom. The highest BCUT2D eigenvalue weighted by Gasteiger charge is 2.12. The van der Waals surface area contributed by atoms with Crippen LogP contribution in [0.3, 0.4) is 0 Å². The predicted molar refractivity (Wildman–Crippen MR) is 86.7 cm³/mol. The molecule has 0 saturated heterocycles. The highest BCUT2D eigenvalue weighted by molar-refractivity contribution is 6.36. The van der Waals surface area contributed by atoms with Gasteiger partial charge in [-0.2, -0.15) is 0 Å². The lowest BCUT2D eigenvalue weighted by Crippen LogP contribution is -2.07. The van der Waals surface area contributed by atoms with Crippen LogP contribution in [-0.2, 0) is 6.42 Å². The number of benzene rings is 2. The molecule has 0 spiro atoms. The fourth-order valence-corrected chi connectivity index (χ4v) is 2.49. The first-order chi connectivity index (χ1) is 9.97. The first-order valence-electron chi connectivity index (χ1n) is 6.70. The third-order valence-electron chi connectivity index (χ3n) is 2.95. The topological polar surface area (TPSA) is 26.3 Å². The van der Waals surface area contributed by atoms with Crippen LogP contribution in [0.1, 0.15) is 29.8 Å². The summed E-state index contributed by atoms with van der Waals surface area (Å²) in [5.41, 5.74) is 1.27. The molecular weight excluding hydrogens is 307 g/mol. The zero-order valence-electron chi connectivity index (χ0n) is 11.9. The number of carbonyl (C=O) groups excluding carboxylic acids is 1. The molecule has 0 saturated carbocycles. The maximum atomic E-state index is 12.3. The van der Waals surface area contributed by atoms with E-state index >= 15 is 0 Å². The van der Waals surface area contributed by atoms with Crippen LogP contribution in [0.5, 0.6) is 5.75 Å². The van der Waals surface area contributed by atoms with Gasteiger partial charge in [-0.1, -0.05) is 29.3 Å². The average molecular weight is 323 g/mol. The van der Waals surface area contributed by atoms with Gasteiger partial charge in [0.05, 0.1) is 6.10 Å². The summed E-state index contributed by atoms with van der Waals surface area (Å²) < 4.78 is 5.55. The van der Waals surface area contributed by atoms with E-state index in [1.165, 1.54) is 0 Å². The summed E-state index contributed by atoms with van der Waals surface area (Å²) in [7, 11) is 0. The van der Waals surface area contributed by atoms with Gasteiger partial charge in [-0.25, -0.2) is 0 Å². The highest BCUT2D eigenvalue weighted by atomic mass is 35.5. The molecular formula is C17H16Cl2O2. The van der Waals surface area contributed by atoms with Crippen LogP contribution in [0.4, 0.5) is 0 Å². The Bertz CT molecular complexity index is 613.